The largest absolute Gasteiger partial charge is 0.417 e. The zero-order valence-electron chi connectivity index (χ0n) is 26.2. The van der Waals surface area contributed by atoms with Gasteiger partial charge in [0.1, 0.15) is 18.4 Å². The molecule has 0 saturated heterocycles. The normalized spacial score (nSPS) is 14.3. The summed E-state index contributed by atoms with van der Waals surface area (Å²) >= 11 is 5.86. The van der Waals surface area contributed by atoms with Crippen molar-refractivity contribution in [3.63, 3.8) is 0 Å². The molecule has 0 radical (unpaired) electrons. The average Bonchev–Trinajstić information content (AvgIpc) is 3.59. The molecule has 49 heavy (non-hydrogen) atoms. The maximum Gasteiger partial charge on any atom is 0.417 e. The highest BCUT2D eigenvalue weighted by Gasteiger charge is 2.38. The molecule has 1 saturated carbocycles. The molecule has 1 N–H and O–H groups in total. The minimum atomic E-state index is -4.94. The molecule has 0 unspecified atom stereocenters. The van der Waals surface area contributed by atoms with E-state index in [0.29, 0.717) is 15.9 Å². The summed E-state index contributed by atoms with van der Waals surface area (Å²) in [6, 6.07) is 22.6. The summed E-state index contributed by atoms with van der Waals surface area (Å²) in [6.45, 7) is -1.43. The van der Waals surface area contributed by atoms with Crippen LogP contribution in [0.3, 0.4) is 0 Å². The fourth-order valence-electron chi connectivity index (χ4n) is 5.87. The monoisotopic (exact) mass is 715 g/mol. The highest BCUT2D eigenvalue weighted by Crippen LogP contribution is 2.38. The van der Waals surface area contributed by atoms with Crippen LogP contribution in [-0.2, 0) is 38.8 Å². The minimum Gasteiger partial charge on any atom is -0.352 e. The fraction of sp³-hybridized carbons (Fsp3) is 0.278. The van der Waals surface area contributed by atoms with Crippen LogP contribution in [0.25, 0.3) is 0 Å². The number of carbonyl (C=O) groups excluding carboxylic acids is 2. The minimum absolute atomic E-state index is 0.00415. The summed E-state index contributed by atoms with van der Waals surface area (Å²) in [4.78, 5) is 29.3. The van der Waals surface area contributed by atoms with Gasteiger partial charge >= 0.3 is 6.18 Å². The van der Waals surface area contributed by atoms with Crippen LogP contribution in [0.5, 0.6) is 0 Å². The summed E-state index contributed by atoms with van der Waals surface area (Å²) in [5.41, 5.74) is -1.03. The number of amides is 2. The lowest BCUT2D eigenvalue weighted by molar-refractivity contribution is -0.140. The first-order valence-corrected chi connectivity index (χ1v) is 17.5. The predicted molar refractivity (Wildman–Crippen MR) is 179 cm³/mol. The van der Waals surface area contributed by atoms with Gasteiger partial charge in [0.15, 0.2) is 0 Å². The second-order valence-electron chi connectivity index (χ2n) is 11.8. The van der Waals surface area contributed by atoms with Gasteiger partial charge in [-0.3, -0.25) is 13.9 Å². The quantitative estimate of drug-likeness (QED) is 0.155. The molecule has 0 spiro atoms. The second kappa shape index (κ2) is 15.4. The Labute approximate surface area is 287 Å². The number of sulfonamides is 1. The van der Waals surface area contributed by atoms with Gasteiger partial charge in [0.2, 0.25) is 11.8 Å². The highest BCUT2D eigenvalue weighted by molar-refractivity contribution is 7.92. The number of hydrogen-bond donors (Lipinski definition) is 1. The Bertz CT molecular complexity index is 1870. The number of benzene rings is 4. The van der Waals surface area contributed by atoms with Crippen LogP contribution < -0.4 is 9.62 Å². The SMILES string of the molecule is O=C(NC1CCCC1)[C@H](Cc1ccccc1)N(Cc1ccccc1F)C(=O)CN(c1ccc(Cl)c(C(F)(F)F)c1)S(=O)(=O)c1ccccc1. The number of anilines is 1. The van der Waals surface area contributed by atoms with Crippen LogP contribution in [0.2, 0.25) is 5.02 Å². The standard InChI is InChI=1S/C36H34ClF4N3O4S/c37-31-20-19-28(22-30(31)36(39,40)41)44(49(47,48)29-16-5-2-6-17-29)24-34(45)43(23-26-13-7-10-18-32(26)38)33(21-25-11-3-1-4-12-25)35(46)42-27-14-8-9-15-27/h1-7,10-13,16-20,22,27,33H,8-9,14-15,21,23-24H2,(H,42,46)/t33-/m0/s1. The Kier molecular flexibility index (Phi) is 11.3. The summed E-state index contributed by atoms with van der Waals surface area (Å²) in [5.74, 6) is -2.10. The first-order chi connectivity index (χ1) is 23.3. The molecular formula is C36H34ClF4N3O4S. The Morgan fingerprint density at radius 1 is 0.878 bits per heavy atom. The average molecular weight is 716 g/mol. The Balaban J connectivity index is 1.61. The molecule has 0 aromatic heterocycles. The molecule has 1 aliphatic carbocycles. The molecule has 0 heterocycles. The van der Waals surface area contributed by atoms with Crippen LogP contribution in [-0.4, -0.2) is 43.8 Å². The summed E-state index contributed by atoms with van der Waals surface area (Å²) in [7, 11) is -4.66. The molecule has 258 valence electrons. The van der Waals surface area contributed by atoms with E-state index in [4.69, 9.17) is 11.6 Å². The van der Waals surface area contributed by atoms with Crippen molar-refractivity contribution in [2.24, 2.45) is 0 Å². The van der Waals surface area contributed by atoms with E-state index in [2.05, 4.69) is 5.32 Å². The van der Waals surface area contributed by atoms with Crippen molar-refractivity contribution in [2.45, 2.75) is 61.8 Å². The molecule has 1 fully saturated rings. The van der Waals surface area contributed by atoms with Gasteiger partial charge in [0.25, 0.3) is 10.0 Å². The molecule has 0 aliphatic heterocycles. The van der Waals surface area contributed by atoms with Crippen molar-refractivity contribution in [2.75, 3.05) is 10.8 Å². The van der Waals surface area contributed by atoms with E-state index >= 15 is 4.39 Å². The van der Waals surface area contributed by atoms with Gasteiger partial charge in [-0.05, 0) is 54.8 Å². The number of rotatable bonds is 12. The van der Waals surface area contributed by atoms with Crippen LogP contribution in [0.1, 0.15) is 42.4 Å². The number of nitrogens with zero attached hydrogens (tertiary/aromatic N) is 2. The van der Waals surface area contributed by atoms with Crippen molar-refractivity contribution in [3.05, 3.63) is 131 Å². The molecule has 4 aromatic carbocycles. The zero-order valence-corrected chi connectivity index (χ0v) is 27.8. The van der Waals surface area contributed by atoms with Crippen molar-refractivity contribution in [1.82, 2.24) is 10.2 Å². The van der Waals surface area contributed by atoms with E-state index in [-0.39, 0.29) is 22.9 Å². The van der Waals surface area contributed by atoms with Gasteiger partial charge in [-0.25, -0.2) is 12.8 Å². The molecule has 2 amide bonds. The molecular weight excluding hydrogens is 682 g/mol. The van der Waals surface area contributed by atoms with Crippen molar-refractivity contribution in [3.8, 4) is 0 Å². The molecule has 1 atom stereocenters. The lowest BCUT2D eigenvalue weighted by Crippen LogP contribution is -2.54. The molecule has 7 nitrogen and oxygen atoms in total. The molecule has 4 aromatic rings. The van der Waals surface area contributed by atoms with Crippen LogP contribution in [0.15, 0.2) is 108 Å². The first kappa shape index (κ1) is 35.9. The van der Waals surface area contributed by atoms with E-state index < -0.39 is 69.2 Å². The Morgan fingerprint density at radius 2 is 1.49 bits per heavy atom. The van der Waals surface area contributed by atoms with Crippen LogP contribution in [0, 0.1) is 5.82 Å². The molecule has 1 aliphatic rings. The van der Waals surface area contributed by atoms with Gasteiger partial charge in [-0.1, -0.05) is 91.2 Å². The lowest BCUT2D eigenvalue weighted by Gasteiger charge is -2.34. The van der Waals surface area contributed by atoms with Crippen molar-refractivity contribution in [1.29, 1.82) is 0 Å². The highest BCUT2D eigenvalue weighted by atomic mass is 35.5. The zero-order chi connectivity index (χ0) is 35.2. The third-order valence-corrected chi connectivity index (χ3v) is 10.5. The first-order valence-electron chi connectivity index (χ1n) is 15.7. The smallest absolute Gasteiger partial charge is 0.352 e. The van der Waals surface area contributed by atoms with Gasteiger partial charge in [0, 0.05) is 24.6 Å². The second-order valence-corrected chi connectivity index (χ2v) is 14.1. The molecule has 5 rings (SSSR count). The maximum atomic E-state index is 15.1. The summed E-state index contributed by atoms with van der Waals surface area (Å²) < 4.78 is 85.6. The maximum absolute atomic E-state index is 15.1. The summed E-state index contributed by atoms with van der Waals surface area (Å²) in [6.07, 6.45) is -1.61. The van der Waals surface area contributed by atoms with Gasteiger partial charge in [0.05, 0.1) is 21.2 Å². The van der Waals surface area contributed by atoms with E-state index in [0.717, 1.165) is 42.7 Å². The Hall–Kier alpha value is -4.42. The molecule has 0 bridgehead atoms. The van der Waals surface area contributed by atoms with Gasteiger partial charge in [-0.2, -0.15) is 13.2 Å². The summed E-state index contributed by atoms with van der Waals surface area (Å²) in [5, 5.41) is 2.35. The number of halogens is 5. The Morgan fingerprint density at radius 3 is 2.12 bits per heavy atom. The number of carbonyl (C=O) groups is 2. The van der Waals surface area contributed by atoms with E-state index in [1.165, 1.54) is 42.5 Å². The lowest BCUT2D eigenvalue weighted by atomic mass is 10.0. The topological polar surface area (TPSA) is 86.8 Å². The third kappa shape index (κ3) is 8.79. The number of hydrogen-bond acceptors (Lipinski definition) is 4. The van der Waals surface area contributed by atoms with Crippen LogP contribution in [0.4, 0.5) is 23.2 Å². The van der Waals surface area contributed by atoms with Crippen molar-refractivity contribution < 1.29 is 35.6 Å². The van der Waals surface area contributed by atoms with E-state index in [1.54, 1.807) is 42.5 Å². The third-order valence-electron chi connectivity index (χ3n) is 8.42. The number of nitrogens with one attached hydrogen (secondary N) is 1. The van der Waals surface area contributed by atoms with E-state index in [1.807, 2.05) is 0 Å². The molecule has 13 heteroatoms. The van der Waals surface area contributed by atoms with Crippen LogP contribution >= 0.6 is 11.6 Å². The van der Waals surface area contributed by atoms with E-state index in [9.17, 15) is 31.2 Å². The van der Waals surface area contributed by atoms with Gasteiger partial charge < -0.3 is 10.2 Å². The predicted octanol–water partition coefficient (Wildman–Crippen LogP) is 7.39. The van der Waals surface area contributed by atoms with Gasteiger partial charge in [-0.15, -0.1) is 0 Å². The van der Waals surface area contributed by atoms with Crippen molar-refractivity contribution >= 4 is 39.1 Å². The number of alkyl halides is 3. The fourth-order valence-corrected chi connectivity index (χ4v) is 7.52.